The zero-order valence-electron chi connectivity index (χ0n) is 9.80. The minimum absolute atomic E-state index is 0.179. The van der Waals surface area contributed by atoms with Crippen molar-refractivity contribution in [1.29, 1.82) is 0 Å². The third kappa shape index (κ3) is 2.32. The van der Waals surface area contributed by atoms with Gasteiger partial charge in [0.15, 0.2) is 0 Å². The predicted octanol–water partition coefficient (Wildman–Crippen LogP) is 4.73. The number of nitrogens with two attached hydrogens (primary N) is 1. The molecule has 0 saturated carbocycles. The van der Waals surface area contributed by atoms with Gasteiger partial charge < -0.3 is 10.2 Å². The SMILES string of the molecule is Cc1oc(C)c(C(N)c2cc(Br)c(Cl)s2)c1C. The van der Waals surface area contributed by atoms with Gasteiger partial charge in [-0.2, -0.15) is 0 Å². The minimum atomic E-state index is -0.179. The van der Waals surface area contributed by atoms with E-state index in [0.717, 1.165) is 36.3 Å². The van der Waals surface area contributed by atoms with E-state index in [1.54, 1.807) is 0 Å². The molecule has 0 bridgehead atoms. The minimum Gasteiger partial charge on any atom is -0.466 e. The molecule has 2 aromatic rings. The topological polar surface area (TPSA) is 39.2 Å². The Bertz CT molecular complexity index is 542. The fourth-order valence-electron chi connectivity index (χ4n) is 1.93. The molecule has 0 amide bonds. The molecule has 0 aliphatic carbocycles. The van der Waals surface area contributed by atoms with Gasteiger partial charge in [0.2, 0.25) is 0 Å². The molecular weight excluding hydrogens is 322 g/mol. The fourth-order valence-corrected chi connectivity index (χ4v) is 3.67. The molecule has 0 radical (unpaired) electrons. The van der Waals surface area contributed by atoms with Gasteiger partial charge in [0, 0.05) is 14.9 Å². The van der Waals surface area contributed by atoms with Crippen molar-refractivity contribution in [1.82, 2.24) is 0 Å². The lowest BCUT2D eigenvalue weighted by Crippen LogP contribution is -2.11. The van der Waals surface area contributed by atoms with Gasteiger partial charge in [-0.25, -0.2) is 0 Å². The van der Waals surface area contributed by atoms with Crippen molar-refractivity contribution in [2.75, 3.05) is 0 Å². The van der Waals surface area contributed by atoms with E-state index in [-0.39, 0.29) is 6.04 Å². The third-order valence-corrected chi connectivity index (χ3v) is 5.46. The number of furan rings is 1. The van der Waals surface area contributed by atoms with E-state index >= 15 is 0 Å². The molecule has 1 atom stereocenters. The van der Waals surface area contributed by atoms with Gasteiger partial charge in [-0.15, -0.1) is 11.3 Å². The summed E-state index contributed by atoms with van der Waals surface area (Å²) < 4.78 is 7.23. The molecular formula is C12H13BrClNOS. The van der Waals surface area contributed by atoms with Crippen LogP contribution in [0.4, 0.5) is 0 Å². The van der Waals surface area contributed by atoms with Crippen molar-refractivity contribution in [3.63, 3.8) is 0 Å². The summed E-state index contributed by atoms with van der Waals surface area (Å²) in [6, 6.07) is 1.79. The standard InChI is InChI=1S/C12H13BrClNOS/c1-5-6(2)16-7(3)10(5)11(15)9-4-8(13)12(14)17-9/h4,11H,15H2,1-3H3. The van der Waals surface area contributed by atoms with Crippen LogP contribution in [0.25, 0.3) is 0 Å². The quantitative estimate of drug-likeness (QED) is 0.862. The average Bonchev–Trinajstić information content (AvgIpc) is 2.70. The number of hydrogen-bond acceptors (Lipinski definition) is 3. The lowest BCUT2D eigenvalue weighted by molar-refractivity contribution is 0.498. The molecule has 2 nitrogen and oxygen atoms in total. The van der Waals surface area contributed by atoms with Crippen LogP contribution >= 0.6 is 38.9 Å². The molecule has 0 aromatic carbocycles. The molecule has 17 heavy (non-hydrogen) atoms. The van der Waals surface area contributed by atoms with Gasteiger partial charge in [-0.3, -0.25) is 0 Å². The summed E-state index contributed by atoms with van der Waals surface area (Å²) >= 11 is 10.9. The Morgan fingerprint density at radius 3 is 2.41 bits per heavy atom. The maximum atomic E-state index is 6.28. The molecule has 1 unspecified atom stereocenters. The Kier molecular flexibility index (Phi) is 3.69. The Labute approximate surface area is 118 Å². The second kappa shape index (κ2) is 4.76. The highest BCUT2D eigenvalue weighted by atomic mass is 79.9. The highest BCUT2D eigenvalue weighted by Crippen LogP contribution is 2.38. The summed E-state index contributed by atoms with van der Waals surface area (Å²) in [6.07, 6.45) is 0. The van der Waals surface area contributed by atoms with Gasteiger partial charge in [0.25, 0.3) is 0 Å². The van der Waals surface area contributed by atoms with E-state index in [2.05, 4.69) is 15.9 Å². The van der Waals surface area contributed by atoms with Gasteiger partial charge in [0.1, 0.15) is 15.9 Å². The second-order valence-electron chi connectivity index (χ2n) is 4.00. The lowest BCUT2D eigenvalue weighted by atomic mass is 10.0. The molecule has 0 aliphatic rings. The zero-order valence-corrected chi connectivity index (χ0v) is 13.0. The summed E-state index contributed by atoms with van der Waals surface area (Å²) in [5.41, 5.74) is 8.47. The Morgan fingerprint density at radius 1 is 1.35 bits per heavy atom. The van der Waals surface area contributed by atoms with Gasteiger partial charge in [0.05, 0.1) is 6.04 Å². The molecule has 2 heterocycles. The van der Waals surface area contributed by atoms with Gasteiger partial charge in [-0.1, -0.05) is 11.6 Å². The van der Waals surface area contributed by atoms with Crippen LogP contribution in [0.1, 0.15) is 33.6 Å². The van der Waals surface area contributed by atoms with E-state index in [1.807, 2.05) is 26.8 Å². The van der Waals surface area contributed by atoms with E-state index in [0.29, 0.717) is 0 Å². The lowest BCUT2D eigenvalue weighted by Gasteiger charge is -2.09. The summed E-state index contributed by atoms with van der Waals surface area (Å²) in [6.45, 7) is 5.93. The van der Waals surface area contributed by atoms with Crippen LogP contribution in [0.2, 0.25) is 4.34 Å². The third-order valence-electron chi connectivity index (χ3n) is 2.90. The maximum absolute atomic E-state index is 6.28. The first kappa shape index (κ1) is 13.1. The van der Waals surface area contributed by atoms with Crippen molar-refractivity contribution in [3.05, 3.63) is 42.4 Å². The summed E-state index contributed by atoms with van der Waals surface area (Å²) in [5, 5.41) is 0. The van der Waals surface area contributed by atoms with E-state index in [9.17, 15) is 0 Å². The van der Waals surface area contributed by atoms with E-state index in [4.69, 9.17) is 21.8 Å². The van der Waals surface area contributed by atoms with Crippen molar-refractivity contribution < 1.29 is 4.42 Å². The van der Waals surface area contributed by atoms with Crippen LogP contribution in [0.15, 0.2) is 15.0 Å². The van der Waals surface area contributed by atoms with Crippen LogP contribution in [0.3, 0.4) is 0 Å². The first-order valence-corrected chi connectivity index (χ1v) is 7.17. The Morgan fingerprint density at radius 2 is 2.00 bits per heavy atom. The Balaban J connectivity index is 2.46. The second-order valence-corrected chi connectivity index (χ2v) is 6.54. The fraction of sp³-hybridized carbons (Fsp3) is 0.333. The van der Waals surface area contributed by atoms with Crippen LogP contribution < -0.4 is 5.73 Å². The van der Waals surface area contributed by atoms with Crippen molar-refractivity contribution in [3.8, 4) is 0 Å². The first-order chi connectivity index (χ1) is 7.91. The van der Waals surface area contributed by atoms with Crippen LogP contribution in [-0.2, 0) is 0 Å². The normalized spacial score (nSPS) is 13.1. The molecule has 0 saturated heterocycles. The molecule has 2 aromatic heterocycles. The smallest absolute Gasteiger partial charge is 0.107 e. The highest BCUT2D eigenvalue weighted by Gasteiger charge is 2.21. The van der Waals surface area contributed by atoms with Crippen molar-refractivity contribution >= 4 is 38.9 Å². The molecule has 0 fully saturated rings. The number of rotatable bonds is 2. The van der Waals surface area contributed by atoms with Crippen LogP contribution in [0.5, 0.6) is 0 Å². The maximum Gasteiger partial charge on any atom is 0.107 e. The first-order valence-electron chi connectivity index (χ1n) is 5.18. The number of thiophene rings is 1. The predicted molar refractivity (Wildman–Crippen MR) is 76.0 cm³/mol. The number of hydrogen-bond donors (Lipinski definition) is 1. The van der Waals surface area contributed by atoms with Gasteiger partial charge >= 0.3 is 0 Å². The van der Waals surface area contributed by atoms with Crippen LogP contribution in [0, 0.1) is 20.8 Å². The molecule has 5 heteroatoms. The average molecular weight is 335 g/mol. The zero-order chi connectivity index (χ0) is 12.7. The van der Waals surface area contributed by atoms with Crippen LogP contribution in [-0.4, -0.2) is 0 Å². The molecule has 0 spiro atoms. The summed E-state index contributed by atoms with van der Waals surface area (Å²) in [5.74, 6) is 1.81. The van der Waals surface area contributed by atoms with E-state index in [1.165, 1.54) is 11.3 Å². The van der Waals surface area contributed by atoms with Crippen molar-refractivity contribution in [2.45, 2.75) is 26.8 Å². The summed E-state index contributed by atoms with van der Waals surface area (Å²) in [4.78, 5) is 1.04. The summed E-state index contributed by atoms with van der Waals surface area (Å²) in [7, 11) is 0. The van der Waals surface area contributed by atoms with Gasteiger partial charge in [-0.05, 0) is 48.3 Å². The molecule has 92 valence electrons. The molecule has 2 rings (SSSR count). The van der Waals surface area contributed by atoms with Crippen molar-refractivity contribution in [2.24, 2.45) is 5.73 Å². The molecule has 0 aliphatic heterocycles. The Hall–Kier alpha value is -0.290. The number of aryl methyl sites for hydroxylation is 2. The highest BCUT2D eigenvalue weighted by molar-refractivity contribution is 9.10. The molecule has 2 N–H and O–H groups in total. The monoisotopic (exact) mass is 333 g/mol. The largest absolute Gasteiger partial charge is 0.466 e. The number of halogens is 2. The van der Waals surface area contributed by atoms with E-state index < -0.39 is 0 Å².